The minimum absolute atomic E-state index is 0.133. The van der Waals surface area contributed by atoms with Crippen LogP contribution in [0.2, 0.25) is 10.0 Å². The molecule has 1 heterocycles. The van der Waals surface area contributed by atoms with Crippen LogP contribution in [0, 0.1) is 5.82 Å². The van der Waals surface area contributed by atoms with Crippen LogP contribution in [-0.2, 0) is 0 Å². The van der Waals surface area contributed by atoms with Crippen LogP contribution in [0.5, 0.6) is 5.88 Å². The third-order valence-corrected chi connectivity index (χ3v) is 6.21. The number of benzene rings is 3. The first-order valence-electron chi connectivity index (χ1n) is 9.84. The lowest BCUT2D eigenvalue weighted by Crippen LogP contribution is -2.18. The lowest BCUT2D eigenvalue weighted by molar-refractivity contribution is 0.0697. The summed E-state index contributed by atoms with van der Waals surface area (Å²) in [5.74, 6) is -1.69. The van der Waals surface area contributed by atoms with Crippen molar-refractivity contribution in [2.24, 2.45) is 5.10 Å². The fourth-order valence-corrected chi connectivity index (χ4v) is 3.99. The first-order chi connectivity index (χ1) is 16.2. The number of hydrazone groups is 1. The molecule has 0 aliphatic carbocycles. The topological polar surface area (TPSA) is 86.8 Å². The van der Waals surface area contributed by atoms with Gasteiger partial charge in [0.1, 0.15) is 10.8 Å². The monoisotopic (exact) mass is 515 g/mol. The Morgan fingerprint density at radius 2 is 1.71 bits per heavy atom. The van der Waals surface area contributed by atoms with Crippen molar-refractivity contribution in [3.8, 4) is 11.6 Å². The second-order valence-electron chi connectivity index (χ2n) is 7.31. The number of hydrogen-bond acceptors (Lipinski definition) is 4. The molecule has 0 spiro atoms. The smallest absolute Gasteiger partial charge is 0.335 e. The van der Waals surface area contributed by atoms with Crippen LogP contribution >= 0.6 is 35.4 Å². The van der Waals surface area contributed by atoms with Gasteiger partial charge in [-0.3, -0.25) is 9.99 Å². The van der Waals surface area contributed by atoms with Gasteiger partial charge >= 0.3 is 5.97 Å². The van der Waals surface area contributed by atoms with Crippen LogP contribution in [0.4, 0.5) is 4.39 Å². The van der Waals surface area contributed by atoms with E-state index < -0.39 is 11.8 Å². The summed E-state index contributed by atoms with van der Waals surface area (Å²) in [6.45, 7) is 1.64. The second-order valence-corrected chi connectivity index (χ2v) is 8.54. The predicted molar refractivity (Wildman–Crippen MR) is 135 cm³/mol. The summed E-state index contributed by atoms with van der Waals surface area (Å²) in [6, 6.07) is 15.0. The Balaban J connectivity index is 1.74. The fourth-order valence-electron chi connectivity index (χ4n) is 3.51. The molecule has 3 aromatic carbocycles. The summed E-state index contributed by atoms with van der Waals surface area (Å²) in [4.78, 5) is 11.3. The summed E-state index contributed by atoms with van der Waals surface area (Å²) >= 11 is 17.5. The van der Waals surface area contributed by atoms with Crippen LogP contribution in [0.15, 0.2) is 65.8 Å². The van der Waals surface area contributed by atoms with Crippen LogP contribution in [0.3, 0.4) is 0 Å². The molecule has 0 unspecified atom stereocenters. The van der Waals surface area contributed by atoms with Gasteiger partial charge in [-0.25, -0.2) is 9.18 Å². The van der Waals surface area contributed by atoms with Crippen LogP contribution in [0.1, 0.15) is 28.4 Å². The van der Waals surface area contributed by atoms with Crippen molar-refractivity contribution in [2.45, 2.75) is 6.92 Å². The van der Waals surface area contributed by atoms with Crippen molar-refractivity contribution in [1.29, 1.82) is 0 Å². The van der Waals surface area contributed by atoms with Gasteiger partial charge < -0.3 is 10.2 Å². The third-order valence-electron chi connectivity index (χ3n) is 5.15. The number of aromatic carboxylic acids is 1. The number of carbonyl (C=O) groups is 1. The lowest BCUT2D eigenvalue weighted by Gasteiger charge is -2.09. The molecule has 0 saturated carbocycles. The largest absolute Gasteiger partial charge is 0.494 e. The second kappa shape index (κ2) is 9.42. The van der Waals surface area contributed by atoms with Gasteiger partial charge in [0, 0.05) is 10.9 Å². The molecule has 0 aliphatic heterocycles. The molecule has 3 N–H and O–H groups in total. The molecule has 0 aliphatic rings. The highest BCUT2D eigenvalue weighted by Gasteiger charge is 2.21. The molecular weight excluding hydrogens is 500 g/mol. The molecule has 4 rings (SSSR count). The van der Waals surface area contributed by atoms with Gasteiger partial charge in [0.05, 0.1) is 38.1 Å². The average Bonchev–Trinajstić information content (AvgIpc) is 3.10. The van der Waals surface area contributed by atoms with Crippen molar-refractivity contribution in [1.82, 2.24) is 9.99 Å². The van der Waals surface area contributed by atoms with E-state index in [0.29, 0.717) is 43.5 Å². The number of carboxylic acids is 1. The normalized spacial score (nSPS) is 11.6. The highest BCUT2D eigenvalue weighted by Crippen LogP contribution is 2.36. The summed E-state index contributed by atoms with van der Waals surface area (Å²) in [6.07, 6.45) is 0. The third kappa shape index (κ3) is 4.48. The number of fused-ring (bicyclic) bond motifs is 1. The molecule has 34 heavy (non-hydrogen) atoms. The predicted octanol–water partition coefficient (Wildman–Crippen LogP) is 6.17. The number of aromatic nitrogens is 1. The molecule has 0 amide bonds. The molecule has 1 aromatic heterocycles. The van der Waals surface area contributed by atoms with E-state index in [1.54, 1.807) is 43.3 Å². The molecule has 10 heteroatoms. The molecule has 0 fully saturated rings. The summed E-state index contributed by atoms with van der Waals surface area (Å²) in [5.41, 5.74) is 5.14. The Kier molecular flexibility index (Phi) is 6.56. The zero-order valence-electron chi connectivity index (χ0n) is 17.5. The number of rotatable bonds is 5. The minimum atomic E-state index is -1.04. The molecule has 6 nitrogen and oxygen atoms in total. The van der Waals surface area contributed by atoms with Gasteiger partial charge in [-0.05, 0) is 55.5 Å². The fraction of sp³-hybridized carbons (Fsp3) is 0.0417. The van der Waals surface area contributed by atoms with E-state index >= 15 is 0 Å². The molecule has 0 saturated heterocycles. The van der Waals surface area contributed by atoms with E-state index in [4.69, 9.17) is 40.5 Å². The number of nitrogens with one attached hydrogen (secondary N) is 1. The zero-order valence-corrected chi connectivity index (χ0v) is 19.8. The first kappa shape index (κ1) is 23.7. The van der Waals surface area contributed by atoms with Crippen molar-refractivity contribution >= 4 is 63.0 Å². The maximum atomic E-state index is 14.1. The number of halogens is 3. The highest BCUT2D eigenvalue weighted by atomic mass is 35.5. The van der Waals surface area contributed by atoms with E-state index in [9.17, 15) is 14.3 Å². The quantitative estimate of drug-likeness (QED) is 0.168. The van der Waals surface area contributed by atoms with E-state index in [0.717, 1.165) is 0 Å². The van der Waals surface area contributed by atoms with Crippen molar-refractivity contribution in [3.05, 3.63) is 93.2 Å². The molecule has 172 valence electrons. The van der Waals surface area contributed by atoms with E-state index in [2.05, 4.69) is 10.5 Å². The highest BCUT2D eigenvalue weighted by molar-refractivity contribution is 7.80. The number of carboxylic acid groups (broad SMARTS) is 1. The van der Waals surface area contributed by atoms with Gasteiger partial charge in [0.15, 0.2) is 0 Å². The van der Waals surface area contributed by atoms with E-state index in [1.165, 1.54) is 28.8 Å². The van der Waals surface area contributed by atoms with Crippen molar-refractivity contribution in [3.63, 3.8) is 0 Å². The SMILES string of the molecule is C/C(=N\NC(=S)c1ccc(C(=O)O)cc1)c1c(O)n(-c2ccc(Cl)c(Cl)c2)c2ccc(F)cc12. The minimum Gasteiger partial charge on any atom is -0.494 e. The van der Waals surface area contributed by atoms with Gasteiger partial charge in [-0.15, -0.1) is 0 Å². The number of nitrogens with zero attached hydrogens (tertiary/aromatic N) is 2. The Labute approximate surface area is 208 Å². The van der Waals surface area contributed by atoms with Gasteiger partial charge in [-0.2, -0.15) is 5.10 Å². The summed E-state index contributed by atoms with van der Waals surface area (Å²) in [7, 11) is 0. The summed E-state index contributed by atoms with van der Waals surface area (Å²) in [5, 5.41) is 25.5. The maximum absolute atomic E-state index is 14.1. The first-order valence-corrected chi connectivity index (χ1v) is 11.0. The lowest BCUT2D eigenvalue weighted by atomic mass is 10.1. The number of aromatic hydroxyl groups is 1. The zero-order chi connectivity index (χ0) is 24.6. The summed E-state index contributed by atoms with van der Waals surface area (Å²) < 4.78 is 15.6. The standard InChI is InChI=1S/C24H16Cl2FN3O3S/c1-12(28-29-22(34)13-2-4-14(5-3-13)24(32)33)21-17-10-15(27)6-9-20(17)30(23(21)31)16-7-8-18(25)19(26)11-16/h2-11,31H,1H3,(H,29,34)(H,32,33)/b28-12+. The van der Waals surface area contributed by atoms with Crippen molar-refractivity contribution < 1.29 is 19.4 Å². The van der Waals surface area contributed by atoms with Crippen LogP contribution < -0.4 is 5.43 Å². The molecule has 4 aromatic rings. The van der Waals surface area contributed by atoms with Gasteiger partial charge in [0.2, 0.25) is 5.88 Å². The number of hydrogen-bond donors (Lipinski definition) is 3. The average molecular weight is 516 g/mol. The molecule has 0 atom stereocenters. The Morgan fingerprint density at radius 3 is 2.35 bits per heavy atom. The van der Waals surface area contributed by atoms with Crippen LogP contribution in [0.25, 0.3) is 16.6 Å². The maximum Gasteiger partial charge on any atom is 0.335 e. The number of thiocarbonyl (C=S) groups is 1. The Bertz CT molecular complexity index is 1480. The van der Waals surface area contributed by atoms with Crippen molar-refractivity contribution in [2.75, 3.05) is 0 Å². The molecule has 0 radical (unpaired) electrons. The van der Waals surface area contributed by atoms with E-state index in [-0.39, 0.29) is 16.4 Å². The molecular formula is C24H16Cl2FN3O3S. The van der Waals surface area contributed by atoms with Gasteiger partial charge in [0.25, 0.3) is 0 Å². The molecule has 0 bridgehead atoms. The Hall–Kier alpha value is -3.46. The van der Waals surface area contributed by atoms with Gasteiger partial charge in [-0.1, -0.05) is 47.6 Å². The Morgan fingerprint density at radius 1 is 1.03 bits per heavy atom. The van der Waals surface area contributed by atoms with E-state index in [1.807, 2.05) is 0 Å². The van der Waals surface area contributed by atoms with Crippen LogP contribution in [-0.4, -0.2) is 31.4 Å².